The lowest BCUT2D eigenvalue weighted by Gasteiger charge is -2.41. The molecule has 22 heteroatoms. The van der Waals surface area contributed by atoms with Gasteiger partial charge in [-0.2, -0.15) is 0 Å². The Morgan fingerprint density at radius 3 is 1.35 bits per heavy atom. The van der Waals surface area contributed by atoms with Crippen molar-refractivity contribution in [3.8, 4) is 0 Å². The largest absolute Gasteiger partial charge is 0.422 e. The molecule has 2 aliphatic heterocycles. The maximum Gasteiger partial charge on any atom is 0.409 e. The van der Waals surface area contributed by atoms with E-state index in [0.29, 0.717) is 11.5 Å². The summed E-state index contributed by atoms with van der Waals surface area (Å²) in [6.07, 6.45) is -12.6. The molecule has 2 saturated heterocycles. The van der Waals surface area contributed by atoms with Crippen molar-refractivity contribution in [3.05, 3.63) is 0 Å². The van der Waals surface area contributed by atoms with E-state index in [9.17, 15) is 49.8 Å². The highest BCUT2D eigenvalue weighted by Crippen LogP contribution is 2.23. The third-order valence-corrected chi connectivity index (χ3v) is 8.75. The van der Waals surface area contributed by atoms with Gasteiger partial charge >= 0.3 is 12.2 Å². The molecule has 46 heavy (non-hydrogen) atoms. The summed E-state index contributed by atoms with van der Waals surface area (Å²) in [4.78, 5) is 46.7. The fourth-order valence-electron chi connectivity index (χ4n) is 4.14. The van der Waals surface area contributed by atoms with E-state index in [1.54, 1.807) is 0 Å². The van der Waals surface area contributed by atoms with Gasteiger partial charge in [0.1, 0.15) is 48.7 Å². The van der Waals surface area contributed by atoms with E-state index in [1.165, 1.54) is 35.4 Å². The number of hydrogen-bond donors (Lipinski definition) is 10. The predicted octanol–water partition coefficient (Wildman–Crippen LogP) is -4.34. The Balaban J connectivity index is 1.55. The predicted molar refractivity (Wildman–Crippen MR) is 157 cm³/mol. The van der Waals surface area contributed by atoms with E-state index >= 15 is 0 Å². The number of carbonyl (C=O) groups excluding carboxylic acids is 4. The molecular formula is C24H42N4O16S2. The zero-order chi connectivity index (χ0) is 34.2. The molecule has 4 unspecified atom stereocenters. The Morgan fingerprint density at radius 2 is 1.02 bits per heavy atom. The topological polar surface area (TPSA) is 293 Å². The second-order valence-electron chi connectivity index (χ2n) is 9.80. The van der Waals surface area contributed by atoms with Gasteiger partial charge in [0.05, 0.1) is 13.2 Å². The summed E-state index contributed by atoms with van der Waals surface area (Å²) in [5, 5.41) is 68.8. The Kier molecular flexibility index (Phi) is 18.2. The second kappa shape index (κ2) is 20.9. The molecular weight excluding hydrogens is 664 g/mol. The first-order chi connectivity index (χ1) is 21.9. The van der Waals surface area contributed by atoms with Crippen molar-refractivity contribution < 1.29 is 78.2 Å². The van der Waals surface area contributed by atoms with Gasteiger partial charge in [0, 0.05) is 38.4 Å². The van der Waals surface area contributed by atoms with Crippen molar-refractivity contribution in [3.63, 3.8) is 0 Å². The van der Waals surface area contributed by atoms with Gasteiger partial charge in [0.2, 0.25) is 11.8 Å². The number of aliphatic hydroxyl groups is 6. The third-order valence-electron chi connectivity index (χ3n) is 6.34. The van der Waals surface area contributed by atoms with Gasteiger partial charge < -0.3 is 80.3 Å². The van der Waals surface area contributed by atoms with Crippen molar-refractivity contribution in [2.24, 2.45) is 0 Å². The van der Waals surface area contributed by atoms with Crippen LogP contribution in [0.1, 0.15) is 13.8 Å². The Morgan fingerprint density at radius 1 is 0.652 bits per heavy atom. The molecule has 0 aromatic heterocycles. The minimum absolute atomic E-state index is 0.223. The molecule has 0 aromatic rings. The standard InChI is InChI=1S/C24H42N4O16S2/c1-11(31)27-15-19(35)17(33)13(7-29)43-21(15)39-9-41-23(37)25-3-5-45-46-6-4-26-24(38)42-10-40-22-16(28-12(2)32)20(36)18(34)14(8-30)44-22/h13-22,29-30,33-36H,3-10H2,1-2H3,(H,25,37)(H,26,38)(H,27,31)(H,28,32)/t13?,14?,15?,16?,17-,18-,19+,20+,21+,22+/m0/s1. The maximum absolute atomic E-state index is 11.9. The first kappa shape index (κ1) is 40.0. The van der Waals surface area contributed by atoms with E-state index in [4.69, 9.17) is 28.4 Å². The highest BCUT2D eigenvalue weighted by atomic mass is 33.1. The number of ether oxygens (including phenoxy) is 6. The molecule has 0 aliphatic carbocycles. The molecule has 0 saturated carbocycles. The van der Waals surface area contributed by atoms with Crippen molar-refractivity contribution in [2.45, 2.75) is 75.1 Å². The summed E-state index contributed by atoms with van der Waals surface area (Å²) in [7, 11) is 2.79. The van der Waals surface area contributed by atoms with Crippen molar-refractivity contribution in [1.82, 2.24) is 21.3 Å². The molecule has 2 fully saturated rings. The summed E-state index contributed by atoms with van der Waals surface area (Å²) in [6.45, 7) is 0.355. The molecule has 0 bridgehead atoms. The van der Waals surface area contributed by atoms with Gasteiger partial charge in [-0.1, -0.05) is 21.6 Å². The van der Waals surface area contributed by atoms with Gasteiger partial charge in [-0.15, -0.1) is 0 Å². The van der Waals surface area contributed by atoms with Gasteiger partial charge in [-0.25, -0.2) is 9.59 Å². The lowest BCUT2D eigenvalue weighted by atomic mass is 9.97. The van der Waals surface area contributed by atoms with Crippen LogP contribution >= 0.6 is 21.6 Å². The van der Waals surface area contributed by atoms with Gasteiger partial charge in [-0.05, 0) is 0 Å². The molecule has 20 nitrogen and oxygen atoms in total. The number of carbonyl (C=O) groups is 4. The zero-order valence-electron chi connectivity index (χ0n) is 25.0. The van der Waals surface area contributed by atoms with Crippen LogP contribution in [-0.4, -0.2) is 167 Å². The highest BCUT2D eigenvalue weighted by molar-refractivity contribution is 8.76. The molecule has 10 atom stereocenters. The molecule has 266 valence electrons. The van der Waals surface area contributed by atoms with E-state index in [2.05, 4.69) is 21.3 Å². The molecule has 0 spiro atoms. The summed E-state index contributed by atoms with van der Waals surface area (Å²) in [6, 6.07) is -2.35. The average molecular weight is 707 g/mol. The number of hydrogen-bond acceptors (Lipinski definition) is 18. The smallest absolute Gasteiger partial charge is 0.409 e. The van der Waals surface area contributed by atoms with Crippen LogP contribution in [0.2, 0.25) is 0 Å². The van der Waals surface area contributed by atoms with Gasteiger partial charge in [0.15, 0.2) is 26.2 Å². The lowest BCUT2D eigenvalue weighted by molar-refractivity contribution is -0.283. The first-order valence-electron chi connectivity index (χ1n) is 14.0. The van der Waals surface area contributed by atoms with Crippen LogP contribution in [0.3, 0.4) is 0 Å². The average Bonchev–Trinajstić information content (AvgIpc) is 3.00. The Hall–Kier alpha value is -2.22. The monoisotopic (exact) mass is 706 g/mol. The van der Waals surface area contributed by atoms with Crippen LogP contribution in [-0.2, 0) is 38.0 Å². The van der Waals surface area contributed by atoms with E-state index < -0.39 is 112 Å². The molecule has 2 heterocycles. The van der Waals surface area contributed by atoms with Gasteiger partial charge in [-0.3, -0.25) is 9.59 Å². The summed E-state index contributed by atoms with van der Waals surface area (Å²) >= 11 is 0. The fraction of sp³-hybridized carbons (Fsp3) is 0.833. The van der Waals surface area contributed by atoms with Gasteiger partial charge in [0.25, 0.3) is 0 Å². The van der Waals surface area contributed by atoms with Crippen LogP contribution in [0.4, 0.5) is 9.59 Å². The van der Waals surface area contributed by atoms with Crippen LogP contribution in [0.25, 0.3) is 0 Å². The lowest BCUT2D eigenvalue weighted by Crippen LogP contribution is -2.64. The van der Waals surface area contributed by atoms with Crippen molar-refractivity contribution in [2.75, 3.05) is 51.4 Å². The first-order valence-corrected chi connectivity index (χ1v) is 16.5. The van der Waals surface area contributed by atoms with E-state index in [1.807, 2.05) is 0 Å². The quantitative estimate of drug-likeness (QED) is 0.0388. The molecule has 4 amide bonds. The fourth-order valence-corrected chi connectivity index (χ4v) is 5.96. The zero-order valence-corrected chi connectivity index (χ0v) is 26.6. The molecule has 2 rings (SSSR count). The number of nitrogens with one attached hydrogen (secondary N) is 4. The summed E-state index contributed by atoms with van der Waals surface area (Å²) in [5.41, 5.74) is 0. The highest BCUT2D eigenvalue weighted by Gasteiger charge is 2.46. The van der Waals surface area contributed by atoms with Crippen LogP contribution in [0.5, 0.6) is 0 Å². The SMILES string of the molecule is CC(=O)NC1[C@H](OCOC(=O)NCCSSCCNC(=O)OCO[C@@H]2OC(CO)[C@H](O)[C@H](O)C2NC(C)=O)OC(CO)[C@H](O)[C@@H]1O. The minimum Gasteiger partial charge on any atom is -0.422 e. The minimum atomic E-state index is -1.50. The molecule has 2 aliphatic rings. The van der Waals surface area contributed by atoms with Crippen molar-refractivity contribution >= 4 is 45.6 Å². The van der Waals surface area contributed by atoms with E-state index in [-0.39, 0.29) is 13.1 Å². The molecule has 10 N–H and O–H groups in total. The molecule has 0 radical (unpaired) electrons. The second-order valence-corrected chi connectivity index (χ2v) is 12.5. The summed E-state index contributed by atoms with van der Waals surface area (Å²) < 4.78 is 31.1. The van der Waals surface area contributed by atoms with Crippen LogP contribution in [0.15, 0.2) is 0 Å². The molecule has 0 aromatic carbocycles. The van der Waals surface area contributed by atoms with Crippen molar-refractivity contribution in [1.29, 1.82) is 0 Å². The van der Waals surface area contributed by atoms with E-state index in [0.717, 1.165) is 0 Å². The number of alkyl carbamates (subject to hydrolysis) is 2. The number of rotatable bonds is 17. The Labute approximate surface area is 271 Å². The Bertz CT molecular complexity index is 899. The third kappa shape index (κ3) is 13.1. The summed E-state index contributed by atoms with van der Waals surface area (Å²) in [5.74, 6) is -0.108. The van der Waals surface area contributed by atoms with Crippen LogP contribution < -0.4 is 21.3 Å². The normalized spacial score (nSPS) is 31.0. The number of aliphatic hydroxyl groups excluding tert-OH is 6. The van der Waals surface area contributed by atoms with Crippen LogP contribution in [0, 0.1) is 0 Å². The number of amides is 4. The maximum atomic E-state index is 11.9.